The number of carbonyl (C=O) groups is 1. The Balaban J connectivity index is 0.000000371. The monoisotopic (exact) mass is 140 g/mol. The van der Waals surface area contributed by atoms with Gasteiger partial charge in [-0.05, 0) is 31.3 Å². The van der Waals surface area contributed by atoms with Gasteiger partial charge in [0, 0.05) is 0 Å². The van der Waals surface area contributed by atoms with Crippen LogP contribution in [0.15, 0.2) is 11.6 Å². The van der Waals surface area contributed by atoms with Gasteiger partial charge in [0.25, 0.3) is 0 Å². The molecule has 0 radical (unpaired) electrons. The minimum atomic E-state index is 0.971. The Bertz CT molecular complexity index is 114. The summed E-state index contributed by atoms with van der Waals surface area (Å²) in [6, 6.07) is 0. The Morgan fingerprint density at radius 2 is 2.10 bits per heavy atom. The van der Waals surface area contributed by atoms with E-state index in [0.717, 1.165) is 24.7 Å². The molecule has 0 heterocycles. The lowest BCUT2D eigenvalue weighted by molar-refractivity contribution is -0.105. The Labute approximate surface area is 63.1 Å². The molecular weight excluding hydrogens is 124 g/mol. The van der Waals surface area contributed by atoms with Crippen molar-refractivity contribution >= 4 is 6.29 Å². The molecular formula is C9H16O. The normalized spacial score (nSPS) is 16.4. The van der Waals surface area contributed by atoms with E-state index >= 15 is 0 Å². The lowest BCUT2D eigenvalue weighted by atomic mass is 10.0. The molecule has 0 bridgehead atoms. The Kier molecular flexibility index (Phi) is 6.14. The van der Waals surface area contributed by atoms with Crippen LogP contribution < -0.4 is 0 Å². The first-order valence-corrected chi connectivity index (χ1v) is 4.07. The first-order chi connectivity index (χ1) is 4.93. The minimum Gasteiger partial charge on any atom is -0.298 e. The second kappa shape index (κ2) is 6.53. The summed E-state index contributed by atoms with van der Waals surface area (Å²) < 4.78 is 0. The van der Waals surface area contributed by atoms with E-state index in [-0.39, 0.29) is 0 Å². The molecule has 1 heteroatoms. The smallest absolute Gasteiger partial charge is 0.145 e. The van der Waals surface area contributed by atoms with Crippen molar-refractivity contribution in [1.29, 1.82) is 0 Å². The summed E-state index contributed by atoms with van der Waals surface area (Å²) in [6.07, 6.45) is 7.58. The maximum Gasteiger partial charge on any atom is 0.145 e. The van der Waals surface area contributed by atoms with Gasteiger partial charge < -0.3 is 0 Å². The van der Waals surface area contributed by atoms with Gasteiger partial charge in [-0.3, -0.25) is 4.79 Å². The van der Waals surface area contributed by atoms with Crippen molar-refractivity contribution in [2.75, 3.05) is 0 Å². The first-order valence-electron chi connectivity index (χ1n) is 4.07. The van der Waals surface area contributed by atoms with Crippen LogP contribution in [0, 0.1) is 0 Å². The van der Waals surface area contributed by atoms with Crippen molar-refractivity contribution in [3.63, 3.8) is 0 Å². The summed E-state index contributed by atoms with van der Waals surface area (Å²) in [5, 5.41) is 0. The minimum absolute atomic E-state index is 0.971. The maximum atomic E-state index is 10.1. The Hall–Kier alpha value is -0.590. The highest BCUT2D eigenvalue weighted by Gasteiger charge is 1.99. The second-order valence-corrected chi connectivity index (χ2v) is 2.14. The summed E-state index contributed by atoms with van der Waals surface area (Å²) >= 11 is 0. The van der Waals surface area contributed by atoms with E-state index in [4.69, 9.17) is 0 Å². The highest BCUT2D eigenvalue weighted by Crippen LogP contribution is 2.14. The predicted molar refractivity (Wildman–Crippen MR) is 44.0 cm³/mol. The number of allylic oxidation sites excluding steroid dienone is 2. The van der Waals surface area contributed by atoms with Gasteiger partial charge in [-0.25, -0.2) is 0 Å². The highest BCUT2D eigenvalue weighted by molar-refractivity contribution is 5.73. The highest BCUT2D eigenvalue weighted by atomic mass is 16.1. The third-order valence-corrected chi connectivity index (χ3v) is 1.48. The number of hydrogen-bond donors (Lipinski definition) is 0. The van der Waals surface area contributed by atoms with Crippen LogP contribution in [0.25, 0.3) is 0 Å². The average Bonchev–Trinajstić information content (AvgIpc) is 2.10. The van der Waals surface area contributed by atoms with Crippen molar-refractivity contribution in [3.05, 3.63) is 11.6 Å². The molecule has 1 nitrogen and oxygen atoms in total. The van der Waals surface area contributed by atoms with E-state index in [1.807, 2.05) is 19.9 Å². The molecule has 58 valence electrons. The number of carbonyl (C=O) groups excluding carboxylic acids is 1. The van der Waals surface area contributed by atoms with Gasteiger partial charge in [0.05, 0.1) is 0 Å². The average molecular weight is 140 g/mol. The van der Waals surface area contributed by atoms with Gasteiger partial charge in [0.2, 0.25) is 0 Å². The standard InChI is InChI=1S/C7H10O.C2H6/c8-6-7-4-2-1-3-5-7;1-2/h4,6H,1-3,5H2;1-2H3. The molecule has 0 atom stereocenters. The van der Waals surface area contributed by atoms with Crippen LogP contribution in [0.3, 0.4) is 0 Å². The van der Waals surface area contributed by atoms with Crippen molar-refractivity contribution in [1.82, 2.24) is 0 Å². The van der Waals surface area contributed by atoms with Gasteiger partial charge >= 0.3 is 0 Å². The largest absolute Gasteiger partial charge is 0.298 e. The van der Waals surface area contributed by atoms with E-state index in [2.05, 4.69) is 0 Å². The van der Waals surface area contributed by atoms with E-state index < -0.39 is 0 Å². The molecule has 0 saturated heterocycles. The van der Waals surface area contributed by atoms with E-state index in [1.54, 1.807) is 0 Å². The summed E-state index contributed by atoms with van der Waals surface area (Å²) in [5.74, 6) is 0. The summed E-state index contributed by atoms with van der Waals surface area (Å²) in [4.78, 5) is 10.1. The van der Waals surface area contributed by atoms with Crippen molar-refractivity contribution in [3.8, 4) is 0 Å². The molecule has 0 spiro atoms. The molecule has 1 aliphatic carbocycles. The second-order valence-electron chi connectivity index (χ2n) is 2.14. The van der Waals surface area contributed by atoms with E-state index in [1.165, 1.54) is 12.8 Å². The predicted octanol–water partition coefficient (Wildman–Crippen LogP) is 2.71. The topological polar surface area (TPSA) is 17.1 Å². The van der Waals surface area contributed by atoms with Gasteiger partial charge in [-0.1, -0.05) is 19.9 Å². The number of hydrogen-bond acceptors (Lipinski definition) is 1. The third kappa shape index (κ3) is 3.44. The molecule has 0 N–H and O–H groups in total. The molecule has 0 aromatic rings. The zero-order valence-corrected chi connectivity index (χ0v) is 6.89. The maximum absolute atomic E-state index is 10.1. The molecule has 0 aliphatic heterocycles. The van der Waals surface area contributed by atoms with Crippen LogP contribution in [0.2, 0.25) is 0 Å². The molecule has 0 aromatic heterocycles. The fourth-order valence-electron chi connectivity index (χ4n) is 0.970. The number of rotatable bonds is 1. The summed E-state index contributed by atoms with van der Waals surface area (Å²) in [7, 11) is 0. The van der Waals surface area contributed by atoms with Crippen LogP contribution in [-0.2, 0) is 4.79 Å². The Morgan fingerprint density at radius 1 is 1.40 bits per heavy atom. The van der Waals surface area contributed by atoms with Gasteiger partial charge in [0.15, 0.2) is 0 Å². The van der Waals surface area contributed by atoms with Crippen LogP contribution in [0.4, 0.5) is 0 Å². The van der Waals surface area contributed by atoms with Crippen molar-refractivity contribution in [2.24, 2.45) is 0 Å². The SMILES string of the molecule is CC.O=CC1=CCCCC1. The van der Waals surface area contributed by atoms with Crippen molar-refractivity contribution in [2.45, 2.75) is 39.5 Å². The number of aldehydes is 1. The van der Waals surface area contributed by atoms with Gasteiger partial charge in [-0.15, -0.1) is 0 Å². The molecule has 0 amide bonds. The fourth-order valence-corrected chi connectivity index (χ4v) is 0.970. The fraction of sp³-hybridized carbons (Fsp3) is 0.667. The van der Waals surface area contributed by atoms with E-state index in [9.17, 15) is 4.79 Å². The molecule has 1 rings (SSSR count). The summed E-state index contributed by atoms with van der Waals surface area (Å²) in [6.45, 7) is 4.00. The van der Waals surface area contributed by atoms with E-state index in [0.29, 0.717) is 0 Å². The third-order valence-electron chi connectivity index (χ3n) is 1.48. The molecule has 1 aliphatic rings. The van der Waals surface area contributed by atoms with Crippen LogP contribution in [0.5, 0.6) is 0 Å². The molecule has 10 heavy (non-hydrogen) atoms. The Morgan fingerprint density at radius 3 is 2.40 bits per heavy atom. The molecule has 0 unspecified atom stereocenters. The van der Waals surface area contributed by atoms with Gasteiger partial charge in [-0.2, -0.15) is 0 Å². The van der Waals surface area contributed by atoms with Crippen LogP contribution in [0.1, 0.15) is 39.5 Å². The zero-order valence-electron chi connectivity index (χ0n) is 6.89. The van der Waals surface area contributed by atoms with Crippen molar-refractivity contribution < 1.29 is 4.79 Å². The first kappa shape index (κ1) is 9.41. The quantitative estimate of drug-likeness (QED) is 0.512. The van der Waals surface area contributed by atoms with Crippen LogP contribution >= 0.6 is 0 Å². The molecule has 0 saturated carbocycles. The van der Waals surface area contributed by atoms with Crippen LogP contribution in [-0.4, -0.2) is 6.29 Å². The summed E-state index contributed by atoms with van der Waals surface area (Å²) in [5.41, 5.74) is 0.997. The van der Waals surface area contributed by atoms with Gasteiger partial charge in [0.1, 0.15) is 6.29 Å². The zero-order chi connectivity index (χ0) is 7.82. The lowest BCUT2D eigenvalue weighted by Crippen LogP contribution is -1.91. The molecule has 0 aromatic carbocycles. The lowest BCUT2D eigenvalue weighted by Gasteiger charge is -2.04. The molecule has 0 fully saturated rings.